The number of nitrogens with two attached hydrogens (primary N) is 1. The van der Waals surface area contributed by atoms with E-state index in [0.29, 0.717) is 6.54 Å². The van der Waals surface area contributed by atoms with Gasteiger partial charge in [-0.1, -0.05) is 18.2 Å². The van der Waals surface area contributed by atoms with Gasteiger partial charge in [0.15, 0.2) is 5.96 Å². The van der Waals surface area contributed by atoms with Crippen molar-refractivity contribution in [1.82, 2.24) is 10.2 Å². The number of benzene rings is 1. The number of aryl methyl sites for hydroxylation is 1. The first-order chi connectivity index (χ1) is 11.9. The van der Waals surface area contributed by atoms with E-state index in [1.807, 2.05) is 6.07 Å². The molecule has 0 spiro atoms. The largest absolute Gasteiger partial charge is 0.488 e. The van der Waals surface area contributed by atoms with Crippen molar-refractivity contribution in [2.24, 2.45) is 10.7 Å². The van der Waals surface area contributed by atoms with Gasteiger partial charge in [0.1, 0.15) is 11.9 Å². The standard InChI is InChI=1S/C19H30N4O/c20-11-6-12-21-19(23-13-4-1-5-14-23)22-15-17-10-9-16-7-2-3-8-18(16)24-17/h2-3,7-8,17H,1,4-6,9-15,20H2,(H,21,22). The van der Waals surface area contributed by atoms with E-state index in [2.05, 4.69) is 28.4 Å². The van der Waals surface area contributed by atoms with Crippen molar-refractivity contribution in [1.29, 1.82) is 0 Å². The SMILES string of the molecule is NCCCN=C(NCC1CCc2ccccc2O1)N1CCCCC1. The molecule has 3 N–H and O–H groups in total. The topological polar surface area (TPSA) is 62.9 Å². The molecule has 5 nitrogen and oxygen atoms in total. The number of nitrogens with one attached hydrogen (secondary N) is 1. The van der Waals surface area contributed by atoms with Gasteiger partial charge in [0.25, 0.3) is 0 Å². The lowest BCUT2D eigenvalue weighted by atomic mass is 10.0. The summed E-state index contributed by atoms with van der Waals surface area (Å²) in [5.41, 5.74) is 6.93. The molecule has 0 aliphatic carbocycles. The van der Waals surface area contributed by atoms with Gasteiger partial charge in [-0.25, -0.2) is 0 Å². The van der Waals surface area contributed by atoms with Crippen molar-refractivity contribution in [3.8, 4) is 5.75 Å². The van der Waals surface area contributed by atoms with E-state index in [0.717, 1.165) is 57.2 Å². The summed E-state index contributed by atoms with van der Waals surface area (Å²) in [6, 6.07) is 8.36. The second-order valence-corrected chi connectivity index (χ2v) is 6.66. The number of ether oxygens (including phenoxy) is 1. The first kappa shape index (κ1) is 17.1. The van der Waals surface area contributed by atoms with Crippen LogP contribution in [0.4, 0.5) is 0 Å². The minimum Gasteiger partial charge on any atom is -0.488 e. The average molecular weight is 330 g/mol. The van der Waals surface area contributed by atoms with Gasteiger partial charge in [-0.15, -0.1) is 0 Å². The lowest BCUT2D eigenvalue weighted by Gasteiger charge is -2.32. The van der Waals surface area contributed by atoms with Crippen LogP contribution in [0, 0.1) is 0 Å². The molecule has 132 valence electrons. The molecule has 1 unspecified atom stereocenters. The number of guanidine groups is 1. The van der Waals surface area contributed by atoms with Crippen LogP contribution in [0.5, 0.6) is 5.75 Å². The zero-order chi connectivity index (χ0) is 16.6. The third-order valence-electron chi connectivity index (χ3n) is 4.77. The Bertz CT molecular complexity index is 540. The van der Waals surface area contributed by atoms with E-state index in [1.54, 1.807) is 0 Å². The molecule has 2 aliphatic heterocycles. The fourth-order valence-corrected chi connectivity index (χ4v) is 3.38. The molecule has 5 heteroatoms. The van der Waals surface area contributed by atoms with E-state index in [1.165, 1.54) is 24.8 Å². The molecule has 1 aromatic carbocycles. The highest BCUT2D eigenvalue weighted by molar-refractivity contribution is 5.80. The number of rotatable bonds is 5. The molecule has 1 saturated heterocycles. The van der Waals surface area contributed by atoms with E-state index in [-0.39, 0.29) is 6.10 Å². The minimum absolute atomic E-state index is 0.212. The maximum absolute atomic E-state index is 6.14. The highest BCUT2D eigenvalue weighted by Gasteiger charge is 2.21. The molecule has 1 aromatic rings. The second kappa shape index (κ2) is 8.92. The molecule has 24 heavy (non-hydrogen) atoms. The van der Waals surface area contributed by atoms with E-state index in [4.69, 9.17) is 15.5 Å². The Morgan fingerprint density at radius 2 is 2.08 bits per heavy atom. The summed E-state index contributed by atoms with van der Waals surface area (Å²) in [5, 5.41) is 3.56. The van der Waals surface area contributed by atoms with Gasteiger partial charge < -0.3 is 20.7 Å². The van der Waals surface area contributed by atoms with Gasteiger partial charge in [0.2, 0.25) is 0 Å². The first-order valence-electron chi connectivity index (χ1n) is 9.34. The van der Waals surface area contributed by atoms with Gasteiger partial charge in [0.05, 0.1) is 6.54 Å². The second-order valence-electron chi connectivity index (χ2n) is 6.66. The lowest BCUT2D eigenvalue weighted by molar-refractivity contribution is 0.174. The third kappa shape index (κ3) is 4.63. The molecule has 2 heterocycles. The van der Waals surface area contributed by atoms with Gasteiger partial charge in [-0.2, -0.15) is 0 Å². The molecule has 0 bridgehead atoms. The number of fused-ring (bicyclic) bond motifs is 1. The Labute approximate surface area is 145 Å². The lowest BCUT2D eigenvalue weighted by Crippen LogP contribution is -2.47. The number of nitrogens with zero attached hydrogens (tertiary/aromatic N) is 2. The molecule has 2 aliphatic rings. The Morgan fingerprint density at radius 3 is 2.92 bits per heavy atom. The molecular weight excluding hydrogens is 300 g/mol. The molecule has 1 atom stereocenters. The summed E-state index contributed by atoms with van der Waals surface area (Å²) in [4.78, 5) is 7.15. The number of piperidine rings is 1. The number of likely N-dealkylation sites (tertiary alicyclic amines) is 1. The summed E-state index contributed by atoms with van der Waals surface area (Å²) in [6.07, 6.45) is 7.13. The molecule has 3 rings (SSSR count). The van der Waals surface area contributed by atoms with Crippen LogP contribution < -0.4 is 15.8 Å². The number of para-hydroxylation sites is 1. The summed E-state index contributed by atoms with van der Waals surface area (Å²) in [6.45, 7) is 4.50. The molecular formula is C19H30N4O. The fraction of sp³-hybridized carbons (Fsp3) is 0.632. The van der Waals surface area contributed by atoms with Crippen molar-refractivity contribution < 1.29 is 4.74 Å². The summed E-state index contributed by atoms with van der Waals surface area (Å²) < 4.78 is 6.14. The Hall–Kier alpha value is -1.75. The quantitative estimate of drug-likeness (QED) is 0.493. The van der Waals surface area contributed by atoms with Crippen LogP contribution in [0.2, 0.25) is 0 Å². The highest BCUT2D eigenvalue weighted by atomic mass is 16.5. The maximum Gasteiger partial charge on any atom is 0.194 e. The van der Waals surface area contributed by atoms with Crippen LogP contribution in [0.25, 0.3) is 0 Å². The minimum atomic E-state index is 0.212. The summed E-state index contributed by atoms with van der Waals surface area (Å²) >= 11 is 0. The van der Waals surface area contributed by atoms with Crippen LogP contribution in [0.3, 0.4) is 0 Å². The van der Waals surface area contributed by atoms with Crippen LogP contribution in [0.1, 0.15) is 37.7 Å². The van der Waals surface area contributed by atoms with Crippen molar-refractivity contribution in [3.63, 3.8) is 0 Å². The number of aliphatic imine (C=N–C) groups is 1. The first-order valence-corrected chi connectivity index (χ1v) is 9.34. The van der Waals surface area contributed by atoms with Crippen molar-refractivity contribution >= 4 is 5.96 Å². The normalized spacial score (nSPS) is 21.1. The molecule has 0 amide bonds. The smallest absolute Gasteiger partial charge is 0.194 e. The fourth-order valence-electron chi connectivity index (χ4n) is 3.38. The molecule has 0 saturated carbocycles. The van der Waals surface area contributed by atoms with Crippen LogP contribution in [-0.2, 0) is 6.42 Å². The van der Waals surface area contributed by atoms with Gasteiger partial charge in [-0.3, -0.25) is 4.99 Å². The third-order valence-corrected chi connectivity index (χ3v) is 4.77. The Morgan fingerprint density at radius 1 is 1.25 bits per heavy atom. The highest BCUT2D eigenvalue weighted by Crippen LogP contribution is 2.26. The Balaban J connectivity index is 1.56. The van der Waals surface area contributed by atoms with Crippen molar-refractivity contribution in [2.75, 3.05) is 32.7 Å². The van der Waals surface area contributed by atoms with Crippen LogP contribution in [-0.4, -0.2) is 49.7 Å². The summed E-state index contributed by atoms with van der Waals surface area (Å²) in [7, 11) is 0. The monoisotopic (exact) mass is 330 g/mol. The van der Waals surface area contributed by atoms with E-state index >= 15 is 0 Å². The average Bonchev–Trinajstić information content (AvgIpc) is 2.65. The molecule has 1 fully saturated rings. The Kier molecular flexibility index (Phi) is 6.35. The molecule has 0 aromatic heterocycles. The predicted molar refractivity (Wildman–Crippen MR) is 98.6 cm³/mol. The van der Waals surface area contributed by atoms with E-state index in [9.17, 15) is 0 Å². The summed E-state index contributed by atoms with van der Waals surface area (Å²) in [5.74, 6) is 2.07. The van der Waals surface area contributed by atoms with Crippen molar-refractivity contribution in [2.45, 2.75) is 44.6 Å². The van der Waals surface area contributed by atoms with Crippen LogP contribution >= 0.6 is 0 Å². The maximum atomic E-state index is 6.14. The van der Waals surface area contributed by atoms with Gasteiger partial charge in [0, 0.05) is 19.6 Å². The zero-order valence-corrected chi connectivity index (χ0v) is 14.5. The van der Waals surface area contributed by atoms with E-state index < -0.39 is 0 Å². The zero-order valence-electron chi connectivity index (χ0n) is 14.5. The molecule has 0 radical (unpaired) electrons. The van der Waals surface area contributed by atoms with Gasteiger partial charge in [-0.05, 0) is 56.7 Å². The van der Waals surface area contributed by atoms with Crippen molar-refractivity contribution in [3.05, 3.63) is 29.8 Å². The number of hydrogen-bond donors (Lipinski definition) is 2. The predicted octanol–water partition coefficient (Wildman–Crippen LogP) is 2.16. The number of hydrogen-bond acceptors (Lipinski definition) is 3. The van der Waals surface area contributed by atoms with Crippen LogP contribution in [0.15, 0.2) is 29.3 Å². The van der Waals surface area contributed by atoms with Gasteiger partial charge >= 0.3 is 0 Å².